The van der Waals surface area contributed by atoms with Gasteiger partial charge in [-0.3, -0.25) is 0 Å². The zero-order valence-electron chi connectivity index (χ0n) is 29.9. The topological polar surface area (TPSA) is 46.5 Å². The van der Waals surface area contributed by atoms with E-state index in [-0.39, 0.29) is 0 Å². The van der Waals surface area contributed by atoms with Crippen molar-refractivity contribution in [2.75, 3.05) is 0 Å². The first-order chi connectivity index (χ1) is 26.0. The van der Waals surface area contributed by atoms with Gasteiger partial charge in [0.1, 0.15) is 11.6 Å². The molecule has 0 aliphatic heterocycles. The number of fused-ring (bicyclic) bond motifs is 4. The van der Waals surface area contributed by atoms with Gasteiger partial charge < -0.3 is 9.55 Å². The van der Waals surface area contributed by atoms with Crippen molar-refractivity contribution in [3.05, 3.63) is 169 Å². The van der Waals surface area contributed by atoms with Crippen LogP contribution in [0.4, 0.5) is 0 Å². The van der Waals surface area contributed by atoms with E-state index in [0.29, 0.717) is 0 Å². The third-order valence-corrected chi connectivity index (χ3v) is 10.8. The maximum absolute atomic E-state index is 4.80. The Morgan fingerprint density at radius 2 is 1.06 bits per heavy atom. The van der Waals surface area contributed by atoms with Gasteiger partial charge >= 0.3 is 0 Å². The van der Waals surface area contributed by atoms with E-state index in [4.69, 9.17) is 4.98 Å². The van der Waals surface area contributed by atoms with E-state index in [1.54, 1.807) is 0 Å². The lowest BCUT2D eigenvalue weighted by Gasteiger charge is -2.20. The fourth-order valence-electron chi connectivity index (χ4n) is 8.17. The molecule has 8 aromatic carbocycles. The fourth-order valence-corrected chi connectivity index (χ4v) is 8.17. The summed E-state index contributed by atoms with van der Waals surface area (Å²) in [7, 11) is 2.09. The highest BCUT2D eigenvalue weighted by Gasteiger charge is 2.20. The van der Waals surface area contributed by atoms with E-state index in [9.17, 15) is 0 Å². The molecule has 0 saturated carbocycles. The van der Waals surface area contributed by atoms with E-state index in [0.717, 1.165) is 39.3 Å². The molecule has 0 bridgehead atoms. The molecule has 10 rings (SSSR count). The van der Waals surface area contributed by atoms with Crippen LogP contribution in [0, 0.1) is 13.8 Å². The zero-order valence-corrected chi connectivity index (χ0v) is 29.9. The molecule has 0 aliphatic carbocycles. The zero-order chi connectivity index (χ0) is 35.6. The lowest BCUT2D eigenvalue weighted by Crippen LogP contribution is -1.94. The molecule has 0 unspecified atom stereocenters. The van der Waals surface area contributed by atoms with Crippen LogP contribution in [0.5, 0.6) is 0 Å². The second-order valence-corrected chi connectivity index (χ2v) is 14.0. The Morgan fingerprint density at radius 3 is 1.75 bits per heavy atom. The van der Waals surface area contributed by atoms with Crippen LogP contribution in [0.25, 0.3) is 99.2 Å². The van der Waals surface area contributed by atoms with Gasteiger partial charge in [0, 0.05) is 7.05 Å². The number of aromatic amines is 1. The number of aromatic nitrogens is 4. The van der Waals surface area contributed by atoms with Gasteiger partial charge in [-0.1, -0.05) is 121 Å². The van der Waals surface area contributed by atoms with E-state index in [1.165, 1.54) is 71.6 Å². The first-order valence-electron chi connectivity index (χ1n) is 18.1. The average molecular weight is 681 g/mol. The maximum atomic E-state index is 4.80. The normalized spacial score (nSPS) is 11.7. The molecule has 53 heavy (non-hydrogen) atoms. The Hall–Kier alpha value is -6.78. The summed E-state index contributed by atoms with van der Waals surface area (Å²) in [6.07, 6.45) is 0. The smallest absolute Gasteiger partial charge is 0.106 e. The second-order valence-electron chi connectivity index (χ2n) is 14.0. The van der Waals surface area contributed by atoms with Crippen LogP contribution in [-0.2, 0) is 7.05 Å². The molecular weight excluding hydrogens is 645 g/mol. The van der Waals surface area contributed by atoms with Crippen LogP contribution in [0.15, 0.2) is 158 Å². The molecule has 4 heteroatoms. The summed E-state index contributed by atoms with van der Waals surface area (Å²) in [5, 5.41) is 4.86. The van der Waals surface area contributed by atoms with Crippen LogP contribution in [0.3, 0.4) is 0 Å². The summed E-state index contributed by atoms with van der Waals surface area (Å²) in [4.78, 5) is 12.9. The number of rotatable bonds is 5. The van der Waals surface area contributed by atoms with E-state index in [1.807, 2.05) is 6.92 Å². The number of nitrogens with one attached hydrogen (secondary N) is 1. The molecule has 1 N–H and O–H groups in total. The summed E-state index contributed by atoms with van der Waals surface area (Å²) >= 11 is 0. The quantitative estimate of drug-likeness (QED) is 0.184. The van der Waals surface area contributed by atoms with E-state index < -0.39 is 0 Å². The van der Waals surface area contributed by atoms with Crippen LogP contribution < -0.4 is 0 Å². The minimum Gasteiger partial charge on any atom is -0.342 e. The summed E-state index contributed by atoms with van der Waals surface area (Å²) in [5.41, 5.74) is 16.1. The molecule has 0 fully saturated rings. The molecule has 0 aliphatic rings. The first kappa shape index (κ1) is 31.0. The van der Waals surface area contributed by atoms with Gasteiger partial charge in [-0.15, -0.1) is 0 Å². The molecule has 0 radical (unpaired) electrons. The molecule has 0 saturated heterocycles. The van der Waals surface area contributed by atoms with Crippen molar-refractivity contribution in [2.45, 2.75) is 13.8 Å². The van der Waals surface area contributed by atoms with Crippen molar-refractivity contribution in [3.63, 3.8) is 0 Å². The predicted molar refractivity (Wildman–Crippen MR) is 222 cm³/mol. The van der Waals surface area contributed by atoms with Crippen molar-refractivity contribution in [1.82, 2.24) is 19.5 Å². The molecule has 252 valence electrons. The van der Waals surface area contributed by atoms with Crippen LogP contribution in [0.1, 0.15) is 11.6 Å². The second kappa shape index (κ2) is 12.2. The Balaban J connectivity index is 1.32. The lowest BCUT2D eigenvalue weighted by molar-refractivity contribution is 0.886. The third-order valence-electron chi connectivity index (χ3n) is 10.8. The van der Waals surface area contributed by atoms with Crippen LogP contribution in [0.2, 0.25) is 0 Å². The summed E-state index contributed by atoms with van der Waals surface area (Å²) in [5.74, 6) is 1.92. The molecule has 0 amide bonds. The SMILES string of the molecule is Cc1nc2ccc(-c3cccc4c(-c5ccc(-c6ccccc6)cc5-c5ccccc5)c5cccc(-c6ccc7nc(C)n(C)c7c6)c5cc34)cc2[nH]1. The highest BCUT2D eigenvalue weighted by Crippen LogP contribution is 2.46. The number of H-pyrrole nitrogens is 1. The van der Waals surface area contributed by atoms with E-state index in [2.05, 4.69) is 186 Å². The number of hydrogen-bond acceptors (Lipinski definition) is 2. The minimum absolute atomic E-state index is 0.918. The average Bonchev–Trinajstić information content (AvgIpc) is 3.72. The minimum atomic E-state index is 0.918. The van der Waals surface area contributed by atoms with Crippen LogP contribution in [-0.4, -0.2) is 19.5 Å². The van der Waals surface area contributed by atoms with Crippen molar-refractivity contribution >= 4 is 43.6 Å². The molecule has 10 aromatic rings. The molecule has 2 heterocycles. The van der Waals surface area contributed by atoms with Gasteiger partial charge in [0.25, 0.3) is 0 Å². The molecule has 4 nitrogen and oxygen atoms in total. The van der Waals surface area contributed by atoms with Gasteiger partial charge in [0.2, 0.25) is 0 Å². The molecular formula is C49H36N4. The molecule has 0 atom stereocenters. The third kappa shape index (κ3) is 5.14. The monoisotopic (exact) mass is 680 g/mol. The van der Waals surface area contributed by atoms with Crippen molar-refractivity contribution in [3.8, 4) is 55.6 Å². The van der Waals surface area contributed by atoms with Crippen molar-refractivity contribution in [2.24, 2.45) is 7.05 Å². The van der Waals surface area contributed by atoms with E-state index >= 15 is 0 Å². The summed E-state index contributed by atoms with van der Waals surface area (Å²) < 4.78 is 2.18. The lowest BCUT2D eigenvalue weighted by atomic mass is 9.83. The van der Waals surface area contributed by atoms with Gasteiger partial charge in [-0.05, 0) is 127 Å². The highest BCUT2D eigenvalue weighted by atomic mass is 15.0. The summed E-state index contributed by atoms with van der Waals surface area (Å²) in [6.45, 7) is 4.07. The maximum Gasteiger partial charge on any atom is 0.106 e. The van der Waals surface area contributed by atoms with Gasteiger partial charge in [0.15, 0.2) is 0 Å². The van der Waals surface area contributed by atoms with Gasteiger partial charge in [-0.25, -0.2) is 9.97 Å². The number of hydrogen-bond donors (Lipinski definition) is 1. The summed E-state index contributed by atoms with van der Waals surface area (Å²) in [6, 6.07) is 57.7. The number of imidazole rings is 2. The Morgan fingerprint density at radius 1 is 0.434 bits per heavy atom. The highest BCUT2D eigenvalue weighted by molar-refractivity contribution is 6.20. The number of nitrogens with zero attached hydrogens (tertiary/aromatic N) is 3. The standard InChI is InChI=1S/C49H36N4/c1-30-50-45-24-21-35(27-47(45)51-30)37-16-10-18-39-43(37)29-44-38(36-22-25-46-48(28-36)53(3)31(2)52-46)17-11-19-40(44)49(39)41-23-20-34(32-12-6-4-7-13-32)26-42(41)33-14-8-5-9-15-33/h4-29H,1-3H3,(H,50,51). The number of aryl methyl sites for hydroxylation is 3. The Labute approximate surface area is 308 Å². The Bertz CT molecular complexity index is 3020. The first-order valence-corrected chi connectivity index (χ1v) is 18.1. The van der Waals surface area contributed by atoms with Gasteiger partial charge in [0.05, 0.1) is 22.1 Å². The predicted octanol–water partition coefficient (Wildman–Crippen LogP) is 12.7. The van der Waals surface area contributed by atoms with Gasteiger partial charge in [-0.2, -0.15) is 0 Å². The number of benzene rings is 8. The van der Waals surface area contributed by atoms with Crippen LogP contribution >= 0.6 is 0 Å². The van der Waals surface area contributed by atoms with Crippen molar-refractivity contribution < 1.29 is 0 Å². The molecule has 2 aromatic heterocycles. The fraction of sp³-hybridized carbons (Fsp3) is 0.0612. The van der Waals surface area contributed by atoms with Crippen molar-refractivity contribution in [1.29, 1.82) is 0 Å². The Kier molecular flexibility index (Phi) is 7.12. The largest absolute Gasteiger partial charge is 0.342 e. The molecule has 0 spiro atoms.